The SMILES string of the molecule is CC/C=C\C/C=C\C/C=C\C/C=C\C/C=C\C/C=C\C/C=C\C/C=C\C/C=C\CCCC(=O)NC(CO)C(O)CCCCCCCCCCCCCCCCCCCCCCCCCCCCCCC. The molecule has 402 valence electrons. The Kier molecular flexibility index (Phi) is 57.8. The monoisotopic (exact) mass is 970 g/mol. The van der Waals surface area contributed by atoms with Crippen LogP contribution in [0.5, 0.6) is 0 Å². The molecular weight excluding hydrogens is 855 g/mol. The van der Waals surface area contributed by atoms with E-state index in [-0.39, 0.29) is 12.5 Å². The fourth-order valence-electron chi connectivity index (χ4n) is 8.78. The third kappa shape index (κ3) is 56.0. The summed E-state index contributed by atoms with van der Waals surface area (Å²) < 4.78 is 0. The first-order chi connectivity index (χ1) is 34.7. The number of aliphatic hydroxyl groups excluding tert-OH is 2. The molecule has 0 saturated heterocycles. The third-order valence-electron chi connectivity index (χ3n) is 13.3. The van der Waals surface area contributed by atoms with E-state index in [9.17, 15) is 15.0 Å². The molecular formula is C66H115NO3. The van der Waals surface area contributed by atoms with Crippen LogP contribution in [0.15, 0.2) is 109 Å². The summed E-state index contributed by atoms with van der Waals surface area (Å²) in [6.45, 7) is 4.24. The number of amides is 1. The van der Waals surface area contributed by atoms with E-state index in [1.165, 1.54) is 173 Å². The van der Waals surface area contributed by atoms with Gasteiger partial charge < -0.3 is 15.5 Å². The number of carbonyl (C=O) groups excluding carboxylic acids is 1. The summed E-state index contributed by atoms with van der Waals surface area (Å²) in [7, 11) is 0. The highest BCUT2D eigenvalue weighted by atomic mass is 16.3. The van der Waals surface area contributed by atoms with Crippen LogP contribution in [0.2, 0.25) is 0 Å². The van der Waals surface area contributed by atoms with Crippen LogP contribution in [0.3, 0.4) is 0 Å². The largest absolute Gasteiger partial charge is 0.394 e. The standard InChI is InChI=1S/C66H115NO3/c1-3-5-7-9-11-13-15-17-19-21-23-25-27-29-31-33-35-37-39-41-43-45-47-49-51-53-55-57-59-61-65(69)64(63-68)67-66(70)62-60-58-56-54-52-50-48-46-44-42-40-38-36-34-32-30-28-26-24-22-20-18-16-14-12-10-8-6-4-2/h6,8,12,14,18,20,24,26,30,32,36,38,42,44,48,50,54,56,64-65,68-69H,3-5,7,9-11,13,15-17,19,21-23,25,27-29,31,33-35,37,39-41,43,45-47,49,51-53,55,57-63H2,1-2H3,(H,67,70)/b8-6-,14-12-,20-18-,26-24-,32-30-,38-36-,44-42-,50-48-,56-54-. The number of hydrogen-bond acceptors (Lipinski definition) is 3. The molecule has 0 bridgehead atoms. The zero-order valence-electron chi connectivity index (χ0n) is 46.3. The predicted molar refractivity (Wildman–Crippen MR) is 313 cm³/mol. The first-order valence-corrected chi connectivity index (χ1v) is 30.1. The van der Waals surface area contributed by atoms with E-state index in [4.69, 9.17) is 0 Å². The van der Waals surface area contributed by atoms with E-state index in [0.717, 1.165) is 83.5 Å². The molecule has 4 nitrogen and oxygen atoms in total. The van der Waals surface area contributed by atoms with Crippen LogP contribution >= 0.6 is 0 Å². The second-order valence-corrected chi connectivity index (χ2v) is 20.0. The number of allylic oxidation sites excluding steroid dienone is 18. The van der Waals surface area contributed by atoms with Crippen molar-refractivity contribution in [2.45, 2.75) is 296 Å². The number of rotatable bonds is 54. The minimum Gasteiger partial charge on any atom is -0.394 e. The number of unbranched alkanes of at least 4 members (excludes halogenated alkanes) is 29. The maximum Gasteiger partial charge on any atom is 0.220 e. The minimum absolute atomic E-state index is 0.0900. The van der Waals surface area contributed by atoms with Crippen molar-refractivity contribution < 1.29 is 15.0 Å². The molecule has 3 N–H and O–H groups in total. The fraction of sp³-hybridized carbons (Fsp3) is 0.712. The summed E-state index contributed by atoms with van der Waals surface area (Å²) in [5.41, 5.74) is 0. The van der Waals surface area contributed by atoms with E-state index in [1.807, 2.05) is 0 Å². The first kappa shape index (κ1) is 67.0. The molecule has 0 aliphatic heterocycles. The van der Waals surface area contributed by atoms with Crippen molar-refractivity contribution in [1.82, 2.24) is 5.32 Å². The van der Waals surface area contributed by atoms with E-state index in [1.54, 1.807) is 0 Å². The number of nitrogens with one attached hydrogen (secondary N) is 1. The summed E-state index contributed by atoms with van der Waals surface area (Å²) in [5.74, 6) is -0.0900. The Labute approximate surface area is 436 Å². The van der Waals surface area contributed by atoms with E-state index >= 15 is 0 Å². The van der Waals surface area contributed by atoms with Gasteiger partial charge in [0.2, 0.25) is 5.91 Å². The van der Waals surface area contributed by atoms with Crippen molar-refractivity contribution >= 4 is 5.91 Å². The third-order valence-corrected chi connectivity index (χ3v) is 13.3. The van der Waals surface area contributed by atoms with Gasteiger partial charge in [-0.3, -0.25) is 4.79 Å². The van der Waals surface area contributed by atoms with Crippen molar-refractivity contribution in [3.63, 3.8) is 0 Å². The van der Waals surface area contributed by atoms with Gasteiger partial charge in [0.15, 0.2) is 0 Å². The quantitative estimate of drug-likeness (QED) is 0.0420. The highest BCUT2D eigenvalue weighted by Gasteiger charge is 2.20. The van der Waals surface area contributed by atoms with Gasteiger partial charge in [-0.2, -0.15) is 0 Å². The summed E-state index contributed by atoms with van der Waals surface area (Å²) in [6, 6.07) is -0.577. The molecule has 0 aliphatic rings. The molecule has 0 fully saturated rings. The van der Waals surface area contributed by atoms with Crippen LogP contribution < -0.4 is 5.32 Å². The Morgan fingerprint density at radius 3 is 0.886 bits per heavy atom. The van der Waals surface area contributed by atoms with Gasteiger partial charge in [0.1, 0.15) is 0 Å². The van der Waals surface area contributed by atoms with Gasteiger partial charge >= 0.3 is 0 Å². The van der Waals surface area contributed by atoms with Crippen molar-refractivity contribution in [1.29, 1.82) is 0 Å². The Morgan fingerprint density at radius 1 is 0.357 bits per heavy atom. The number of hydrogen-bond donors (Lipinski definition) is 3. The maximum atomic E-state index is 12.5. The Morgan fingerprint density at radius 2 is 0.614 bits per heavy atom. The zero-order chi connectivity index (χ0) is 50.6. The van der Waals surface area contributed by atoms with Gasteiger partial charge in [-0.05, 0) is 77.0 Å². The molecule has 0 rings (SSSR count). The first-order valence-electron chi connectivity index (χ1n) is 30.1. The Hall–Kier alpha value is -2.95. The summed E-state index contributed by atoms with van der Waals surface area (Å²) >= 11 is 0. The molecule has 70 heavy (non-hydrogen) atoms. The van der Waals surface area contributed by atoms with Crippen LogP contribution in [-0.4, -0.2) is 34.9 Å². The van der Waals surface area contributed by atoms with Crippen molar-refractivity contribution in [3.05, 3.63) is 109 Å². The van der Waals surface area contributed by atoms with Crippen molar-refractivity contribution in [2.75, 3.05) is 6.61 Å². The van der Waals surface area contributed by atoms with Gasteiger partial charge in [-0.1, -0.05) is 309 Å². The number of carbonyl (C=O) groups is 1. The lowest BCUT2D eigenvalue weighted by atomic mass is 10.0. The van der Waals surface area contributed by atoms with Crippen LogP contribution in [0.25, 0.3) is 0 Å². The van der Waals surface area contributed by atoms with E-state index < -0.39 is 12.1 Å². The van der Waals surface area contributed by atoms with Gasteiger partial charge in [0, 0.05) is 6.42 Å². The lowest BCUT2D eigenvalue weighted by Gasteiger charge is -2.22. The molecule has 0 saturated carbocycles. The van der Waals surface area contributed by atoms with E-state index in [2.05, 4.69) is 129 Å². The average molecular weight is 971 g/mol. The van der Waals surface area contributed by atoms with Gasteiger partial charge in [-0.25, -0.2) is 0 Å². The lowest BCUT2D eigenvalue weighted by molar-refractivity contribution is -0.123. The summed E-state index contributed by atoms with van der Waals surface area (Å²) in [6.07, 6.45) is 90.9. The van der Waals surface area contributed by atoms with Crippen molar-refractivity contribution in [2.24, 2.45) is 0 Å². The van der Waals surface area contributed by atoms with Gasteiger partial charge in [0.25, 0.3) is 0 Å². The van der Waals surface area contributed by atoms with Crippen LogP contribution in [-0.2, 0) is 4.79 Å². The molecule has 0 aliphatic carbocycles. The lowest BCUT2D eigenvalue weighted by Crippen LogP contribution is -2.45. The molecule has 2 unspecified atom stereocenters. The molecule has 0 radical (unpaired) electrons. The molecule has 1 amide bonds. The molecule has 0 aromatic carbocycles. The minimum atomic E-state index is -0.693. The predicted octanol–water partition coefficient (Wildman–Crippen LogP) is 20.3. The summed E-state index contributed by atoms with van der Waals surface area (Å²) in [4.78, 5) is 12.5. The Bertz CT molecular complexity index is 1330. The maximum absolute atomic E-state index is 12.5. The molecule has 0 spiro atoms. The highest BCUT2D eigenvalue weighted by Crippen LogP contribution is 2.17. The molecule has 0 heterocycles. The van der Waals surface area contributed by atoms with Crippen LogP contribution in [0, 0.1) is 0 Å². The van der Waals surface area contributed by atoms with Crippen molar-refractivity contribution in [3.8, 4) is 0 Å². The van der Waals surface area contributed by atoms with Crippen LogP contribution in [0.1, 0.15) is 284 Å². The zero-order valence-corrected chi connectivity index (χ0v) is 46.3. The molecule has 0 aromatic rings. The van der Waals surface area contributed by atoms with Gasteiger partial charge in [0.05, 0.1) is 18.8 Å². The van der Waals surface area contributed by atoms with Gasteiger partial charge in [-0.15, -0.1) is 0 Å². The summed E-state index contributed by atoms with van der Waals surface area (Å²) in [5, 5.41) is 23.3. The van der Waals surface area contributed by atoms with E-state index in [0.29, 0.717) is 12.8 Å². The topological polar surface area (TPSA) is 69.6 Å². The smallest absolute Gasteiger partial charge is 0.220 e. The molecule has 4 heteroatoms. The number of aliphatic hydroxyl groups is 2. The fourth-order valence-corrected chi connectivity index (χ4v) is 8.78. The second kappa shape index (κ2) is 60.4. The molecule has 0 aromatic heterocycles. The van der Waals surface area contributed by atoms with Crippen LogP contribution in [0.4, 0.5) is 0 Å². The molecule has 2 atom stereocenters. The second-order valence-electron chi connectivity index (χ2n) is 20.0. The Balaban J connectivity index is 3.59. The highest BCUT2D eigenvalue weighted by molar-refractivity contribution is 5.76. The average Bonchev–Trinajstić information content (AvgIpc) is 3.36. The normalized spacial score (nSPS) is 13.6.